The van der Waals surface area contributed by atoms with Gasteiger partial charge in [0.2, 0.25) is 0 Å². The summed E-state index contributed by atoms with van der Waals surface area (Å²) in [6.45, 7) is 6.67. The van der Waals surface area contributed by atoms with Gasteiger partial charge in [0.1, 0.15) is 11.5 Å². The van der Waals surface area contributed by atoms with Gasteiger partial charge >= 0.3 is 0 Å². The van der Waals surface area contributed by atoms with E-state index in [1.54, 1.807) is 26.4 Å². The summed E-state index contributed by atoms with van der Waals surface area (Å²) in [5.41, 5.74) is 5.73. The topological polar surface area (TPSA) is 61.6 Å². The van der Waals surface area contributed by atoms with Gasteiger partial charge in [-0.3, -0.25) is 10.1 Å². The molecule has 0 radical (unpaired) electrons. The minimum absolute atomic E-state index is 0.0449. The molecule has 3 rings (SSSR count). The van der Waals surface area contributed by atoms with Crippen LogP contribution in [0.15, 0.2) is 24.3 Å². The Morgan fingerprint density at radius 1 is 0.793 bits per heavy atom. The number of hydrogen-bond donors (Lipinski definition) is 0. The second-order valence-electron chi connectivity index (χ2n) is 8.84. The third kappa shape index (κ3) is 4.55. The highest BCUT2D eigenvalue weighted by Crippen LogP contribution is 2.37. The maximum absolute atomic E-state index is 11.5. The first-order valence-electron chi connectivity index (χ1n) is 10.3. The van der Waals surface area contributed by atoms with Crippen molar-refractivity contribution in [3.05, 3.63) is 62.2 Å². The summed E-state index contributed by atoms with van der Waals surface area (Å²) >= 11 is 0. The van der Waals surface area contributed by atoms with Crippen molar-refractivity contribution in [2.75, 3.05) is 14.2 Å². The van der Waals surface area contributed by atoms with Crippen molar-refractivity contribution in [1.29, 1.82) is 0 Å². The van der Waals surface area contributed by atoms with E-state index in [2.05, 4.69) is 32.9 Å². The largest absolute Gasteiger partial charge is 0.496 e. The Morgan fingerprint density at radius 3 is 1.62 bits per heavy atom. The highest BCUT2D eigenvalue weighted by atomic mass is 16.6. The molecule has 0 unspecified atom stereocenters. The third-order valence-electron chi connectivity index (χ3n) is 5.76. The number of ether oxygens (including phenoxy) is 2. The van der Waals surface area contributed by atoms with E-state index in [-0.39, 0.29) is 16.0 Å². The number of nitro benzene ring substituents is 1. The van der Waals surface area contributed by atoms with Crippen LogP contribution >= 0.6 is 0 Å². The van der Waals surface area contributed by atoms with E-state index in [0.717, 1.165) is 60.3 Å². The molecule has 5 nitrogen and oxygen atoms in total. The van der Waals surface area contributed by atoms with Crippen molar-refractivity contribution in [2.24, 2.45) is 0 Å². The summed E-state index contributed by atoms with van der Waals surface area (Å²) in [7, 11) is 3.38. The van der Waals surface area contributed by atoms with Crippen LogP contribution in [0.25, 0.3) is 0 Å². The van der Waals surface area contributed by atoms with Crippen LogP contribution in [-0.4, -0.2) is 19.1 Å². The molecule has 29 heavy (non-hydrogen) atoms. The molecule has 5 heteroatoms. The lowest BCUT2D eigenvalue weighted by molar-refractivity contribution is -0.385. The number of aryl methyl sites for hydroxylation is 4. The van der Waals surface area contributed by atoms with Crippen molar-refractivity contribution in [2.45, 2.75) is 64.7 Å². The zero-order valence-corrected chi connectivity index (χ0v) is 18.1. The number of rotatable bonds is 3. The summed E-state index contributed by atoms with van der Waals surface area (Å²) in [6, 6.07) is 7.86. The summed E-state index contributed by atoms with van der Waals surface area (Å²) in [6.07, 6.45) is 5.05. The molecular weight excluding hydrogens is 366 g/mol. The number of fused-ring (bicyclic) bond motifs is 4. The fourth-order valence-electron chi connectivity index (χ4n) is 4.20. The van der Waals surface area contributed by atoms with Gasteiger partial charge in [-0.2, -0.15) is 0 Å². The van der Waals surface area contributed by atoms with E-state index in [9.17, 15) is 10.1 Å². The fraction of sp³-hybridized carbons (Fsp3) is 0.500. The van der Waals surface area contributed by atoms with Gasteiger partial charge in [-0.1, -0.05) is 32.9 Å². The van der Waals surface area contributed by atoms with Gasteiger partial charge in [0.15, 0.2) is 0 Å². The molecule has 0 N–H and O–H groups in total. The number of non-ortho nitro benzene ring substituents is 1. The normalized spacial score (nSPS) is 14.5. The van der Waals surface area contributed by atoms with E-state index >= 15 is 0 Å². The second-order valence-corrected chi connectivity index (χ2v) is 8.84. The predicted octanol–water partition coefficient (Wildman–Crippen LogP) is 5.57. The highest BCUT2D eigenvalue weighted by molar-refractivity contribution is 5.52. The van der Waals surface area contributed by atoms with Crippen molar-refractivity contribution >= 4 is 5.69 Å². The van der Waals surface area contributed by atoms with Crippen molar-refractivity contribution < 1.29 is 14.4 Å². The standard InChI is InChI=1S/C24H31NO4/c1-24(2,3)20-12-16-8-6-7-9-17-14-21(25(26)27)15-19(23(17)29-5)11-10-18(13-20)22(16)28-4/h12-15H,6-11H2,1-5H3. The van der Waals surface area contributed by atoms with Crippen LogP contribution in [0.3, 0.4) is 0 Å². The zero-order chi connectivity index (χ0) is 21.2. The lowest BCUT2D eigenvalue weighted by Crippen LogP contribution is -2.14. The molecule has 4 bridgehead atoms. The Morgan fingerprint density at radius 2 is 1.21 bits per heavy atom. The number of methoxy groups -OCH3 is 2. The maximum atomic E-state index is 11.5. The number of hydrogen-bond acceptors (Lipinski definition) is 4. The smallest absolute Gasteiger partial charge is 0.270 e. The SMILES string of the molecule is COc1c2cc([N+](=O)[O-])cc1CCc1cc(C(C)(C)C)cc(c1OC)CCCC2. The maximum Gasteiger partial charge on any atom is 0.270 e. The first kappa shape index (κ1) is 21.2. The summed E-state index contributed by atoms with van der Waals surface area (Å²) in [5.74, 6) is 1.76. The van der Waals surface area contributed by atoms with E-state index in [4.69, 9.17) is 9.47 Å². The monoisotopic (exact) mass is 397 g/mol. The van der Waals surface area contributed by atoms with Gasteiger partial charge in [0.25, 0.3) is 5.69 Å². The quantitative estimate of drug-likeness (QED) is 0.501. The molecule has 1 aliphatic rings. The Balaban J connectivity index is 2.13. The molecule has 0 spiro atoms. The average Bonchev–Trinajstić information content (AvgIpc) is 2.67. The summed E-state index contributed by atoms with van der Waals surface area (Å²) in [5, 5.41) is 11.5. The summed E-state index contributed by atoms with van der Waals surface area (Å²) in [4.78, 5) is 11.2. The van der Waals surface area contributed by atoms with Gasteiger partial charge < -0.3 is 9.47 Å². The Kier molecular flexibility index (Phi) is 6.15. The van der Waals surface area contributed by atoms with Crippen molar-refractivity contribution in [3.63, 3.8) is 0 Å². The van der Waals surface area contributed by atoms with E-state index in [1.165, 1.54) is 11.1 Å². The van der Waals surface area contributed by atoms with Gasteiger partial charge in [-0.05, 0) is 60.6 Å². The number of benzene rings is 2. The van der Waals surface area contributed by atoms with E-state index in [0.29, 0.717) is 6.42 Å². The van der Waals surface area contributed by atoms with Gasteiger partial charge in [-0.15, -0.1) is 0 Å². The molecule has 0 saturated heterocycles. The van der Waals surface area contributed by atoms with Crippen LogP contribution in [0.1, 0.15) is 61.4 Å². The van der Waals surface area contributed by atoms with Crippen LogP contribution in [-0.2, 0) is 31.1 Å². The molecule has 0 heterocycles. The molecule has 0 aliphatic heterocycles. The van der Waals surface area contributed by atoms with Crippen LogP contribution in [0.4, 0.5) is 5.69 Å². The lowest BCUT2D eigenvalue weighted by Gasteiger charge is -2.24. The molecule has 156 valence electrons. The predicted molar refractivity (Wildman–Crippen MR) is 115 cm³/mol. The van der Waals surface area contributed by atoms with E-state index < -0.39 is 0 Å². The molecule has 0 saturated carbocycles. The minimum Gasteiger partial charge on any atom is -0.496 e. The Labute approximate surface area is 173 Å². The number of nitro groups is 1. The van der Waals surface area contributed by atoms with Crippen molar-refractivity contribution in [3.8, 4) is 11.5 Å². The van der Waals surface area contributed by atoms with E-state index in [1.807, 2.05) is 0 Å². The fourth-order valence-corrected chi connectivity index (χ4v) is 4.20. The first-order chi connectivity index (χ1) is 13.7. The second kappa shape index (κ2) is 8.44. The van der Waals surface area contributed by atoms with Crippen molar-refractivity contribution in [1.82, 2.24) is 0 Å². The van der Waals surface area contributed by atoms with Gasteiger partial charge in [0.05, 0.1) is 19.1 Å². The van der Waals surface area contributed by atoms with Crippen LogP contribution in [0.5, 0.6) is 11.5 Å². The molecule has 0 aromatic heterocycles. The highest BCUT2D eigenvalue weighted by Gasteiger charge is 2.22. The third-order valence-corrected chi connectivity index (χ3v) is 5.76. The molecular formula is C24H31NO4. The lowest BCUT2D eigenvalue weighted by atomic mass is 9.83. The van der Waals surface area contributed by atoms with Gasteiger partial charge in [-0.25, -0.2) is 0 Å². The zero-order valence-electron chi connectivity index (χ0n) is 18.1. The molecule has 0 atom stereocenters. The molecule has 0 fully saturated rings. The summed E-state index contributed by atoms with van der Waals surface area (Å²) < 4.78 is 11.5. The van der Waals surface area contributed by atoms with Gasteiger partial charge in [0, 0.05) is 23.3 Å². The molecule has 0 amide bonds. The Hall–Kier alpha value is -2.56. The Bertz CT molecular complexity index is 912. The van der Waals surface area contributed by atoms with Crippen LogP contribution in [0.2, 0.25) is 0 Å². The molecule has 2 aromatic carbocycles. The molecule has 1 aliphatic carbocycles. The first-order valence-corrected chi connectivity index (χ1v) is 10.3. The number of nitrogens with zero attached hydrogens (tertiary/aromatic N) is 1. The minimum atomic E-state index is -0.308. The average molecular weight is 398 g/mol. The molecule has 2 aromatic rings. The van der Waals surface area contributed by atoms with Crippen LogP contribution in [0, 0.1) is 10.1 Å². The van der Waals surface area contributed by atoms with Crippen LogP contribution < -0.4 is 9.47 Å².